The lowest BCUT2D eigenvalue weighted by molar-refractivity contribution is 0.100. The molecule has 8 heteroatoms. The zero-order valence-electron chi connectivity index (χ0n) is 16.5. The Morgan fingerprint density at radius 3 is 2.48 bits per heavy atom. The second-order valence-electron chi connectivity index (χ2n) is 8.35. The molecule has 0 saturated heterocycles. The van der Waals surface area contributed by atoms with Crippen LogP contribution in [0.3, 0.4) is 0 Å². The fraction of sp³-hybridized carbons (Fsp3) is 0.381. The highest BCUT2D eigenvalue weighted by molar-refractivity contribution is 6.02. The molecule has 3 aromatic heterocycles. The predicted molar refractivity (Wildman–Crippen MR) is 106 cm³/mol. The molecule has 1 unspecified atom stereocenters. The van der Waals surface area contributed by atoms with Crippen molar-refractivity contribution in [3.63, 3.8) is 0 Å². The van der Waals surface area contributed by atoms with E-state index in [1.807, 2.05) is 0 Å². The van der Waals surface area contributed by atoms with Crippen molar-refractivity contribution < 1.29 is 13.6 Å². The summed E-state index contributed by atoms with van der Waals surface area (Å²) in [6, 6.07) is 4.20. The molecule has 4 rings (SSSR count). The lowest BCUT2D eigenvalue weighted by Gasteiger charge is -2.33. The number of anilines is 1. The number of rotatable bonds is 4. The molecule has 1 fully saturated rings. The molecule has 2 atom stereocenters. The minimum Gasteiger partial charge on any atom is -0.379 e. The van der Waals surface area contributed by atoms with Crippen LogP contribution in [0.1, 0.15) is 44.0 Å². The Labute approximate surface area is 167 Å². The lowest BCUT2D eigenvalue weighted by Crippen LogP contribution is -2.35. The van der Waals surface area contributed by atoms with Crippen LogP contribution in [0.5, 0.6) is 0 Å². The van der Waals surface area contributed by atoms with Gasteiger partial charge in [0.15, 0.2) is 0 Å². The van der Waals surface area contributed by atoms with Crippen LogP contribution in [0.15, 0.2) is 30.6 Å². The van der Waals surface area contributed by atoms with Gasteiger partial charge in [-0.2, -0.15) is 18.9 Å². The number of nitrogens with one attached hydrogen (secondary N) is 1. The first-order valence-electron chi connectivity index (χ1n) is 9.58. The third-order valence-corrected chi connectivity index (χ3v) is 6.37. The van der Waals surface area contributed by atoms with Gasteiger partial charge in [0.05, 0.1) is 23.0 Å². The van der Waals surface area contributed by atoms with Crippen LogP contribution < -0.4 is 11.1 Å². The highest BCUT2D eigenvalue weighted by Crippen LogP contribution is 2.44. The van der Waals surface area contributed by atoms with Gasteiger partial charge in [0.25, 0.3) is 5.91 Å². The summed E-state index contributed by atoms with van der Waals surface area (Å²) in [6.45, 7) is 6.63. The predicted octanol–water partition coefficient (Wildman–Crippen LogP) is 4.01. The van der Waals surface area contributed by atoms with Gasteiger partial charge in [0.1, 0.15) is 0 Å². The Hall–Kier alpha value is -3.03. The summed E-state index contributed by atoms with van der Waals surface area (Å²) in [6.07, 6.45) is 5.12. The molecule has 0 bridgehead atoms. The number of aromatic nitrogens is 3. The van der Waals surface area contributed by atoms with E-state index < -0.39 is 17.8 Å². The molecule has 3 heterocycles. The van der Waals surface area contributed by atoms with Crippen LogP contribution in [-0.2, 0) is 0 Å². The number of hydrogen-bond donors (Lipinski definition) is 2. The molecule has 1 saturated carbocycles. The lowest BCUT2D eigenvalue weighted by atomic mass is 9.80. The highest BCUT2D eigenvalue weighted by Gasteiger charge is 2.41. The van der Waals surface area contributed by atoms with Crippen LogP contribution in [0.4, 0.5) is 14.5 Å². The molecule has 3 aromatic rings. The Balaban J connectivity index is 1.84. The summed E-state index contributed by atoms with van der Waals surface area (Å²) < 4.78 is 28.7. The standard InChI is InChI=1S/C21H23F2N5O/c1-11-4-5-16(21(11,2)3)26-19-14(20(24)29)9-25-28-10-13(6-15(19)28)12-7-17(22)27-18(23)8-12/h6-11,16,26H,4-5H2,1-3H3,(H2,24,29)/t11?,16-/m1/s1. The number of hydrogen-bond acceptors (Lipinski definition) is 4. The molecule has 29 heavy (non-hydrogen) atoms. The van der Waals surface area contributed by atoms with Crippen molar-refractivity contribution >= 4 is 17.1 Å². The number of halogens is 2. The Morgan fingerprint density at radius 2 is 1.90 bits per heavy atom. The molecule has 0 spiro atoms. The molecule has 1 amide bonds. The van der Waals surface area contributed by atoms with Gasteiger partial charge in [0, 0.05) is 29.9 Å². The number of pyridine rings is 1. The molecule has 152 valence electrons. The van der Waals surface area contributed by atoms with E-state index in [1.54, 1.807) is 16.8 Å². The third-order valence-electron chi connectivity index (χ3n) is 6.37. The van der Waals surface area contributed by atoms with E-state index in [0.717, 1.165) is 25.0 Å². The monoisotopic (exact) mass is 399 g/mol. The van der Waals surface area contributed by atoms with E-state index in [2.05, 4.69) is 36.2 Å². The number of carbonyl (C=O) groups excluding carboxylic acids is 1. The molecule has 3 N–H and O–H groups in total. The fourth-order valence-corrected chi connectivity index (χ4v) is 4.12. The van der Waals surface area contributed by atoms with Gasteiger partial charge in [-0.25, -0.2) is 4.52 Å². The molecular formula is C21H23F2N5O. The van der Waals surface area contributed by atoms with Crippen LogP contribution in [0, 0.1) is 23.2 Å². The van der Waals surface area contributed by atoms with E-state index in [0.29, 0.717) is 28.2 Å². The first-order valence-corrected chi connectivity index (χ1v) is 9.58. The van der Waals surface area contributed by atoms with Crippen molar-refractivity contribution in [1.82, 2.24) is 14.6 Å². The normalized spacial score (nSPS) is 20.9. The molecule has 0 aromatic carbocycles. The van der Waals surface area contributed by atoms with Crippen molar-refractivity contribution in [3.05, 3.63) is 48.1 Å². The summed E-state index contributed by atoms with van der Waals surface area (Å²) in [5, 5.41) is 7.77. The van der Waals surface area contributed by atoms with E-state index in [4.69, 9.17) is 5.73 Å². The zero-order chi connectivity index (χ0) is 20.9. The maximum atomic E-state index is 13.6. The molecule has 1 aliphatic carbocycles. The van der Waals surface area contributed by atoms with Gasteiger partial charge >= 0.3 is 0 Å². The van der Waals surface area contributed by atoms with Crippen molar-refractivity contribution in [3.8, 4) is 11.1 Å². The smallest absolute Gasteiger partial charge is 0.252 e. The molecule has 1 aliphatic rings. The van der Waals surface area contributed by atoms with Gasteiger partial charge in [-0.05, 0) is 35.8 Å². The summed E-state index contributed by atoms with van der Waals surface area (Å²) in [5.74, 6) is -1.86. The molecule has 6 nitrogen and oxygen atoms in total. The van der Waals surface area contributed by atoms with Crippen LogP contribution in [0.25, 0.3) is 16.6 Å². The highest BCUT2D eigenvalue weighted by atomic mass is 19.1. The van der Waals surface area contributed by atoms with E-state index in [1.165, 1.54) is 6.20 Å². The van der Waals surface area contributed by atoms with Gasteiger partial charge in [-0.15, -0.1) is 0 Å². The van der Waals surface area contributed by atoms with Gasteiger partial charge in [-0.1, -0.05) is 20.8 Å². The van der Waals surface area contributed by atoms with E-state index in [9.17, 15) is 13.6 Å². The largest absolute Gasteiger partial charge is 0.379 e. The van der Waals surface area contributed by atoms with Gasteiger partial charge in [-0.3, -0.25) is 4.79 Å². The Morgan fingerprint density at radius 1 is 1.21 bits per heavy atom. The minimum atomic E-state index is -0.902. The number of carbonyl (C=O) groups is 1. The van der Waals surface area contributed by atoms with E-state index >= 15 is 0 Å². The van der Waals surface area contributed by atoms with Crippen molar-refractivity contribution in [2.45, 2.75) is 39.7 Å². The average molecular weight is 399 g/mol. The van der Waals surface area contributed by atoms with Crippen LogP contribution in [0.2, 0.25) is 0 Å². The van der Waals surface area contributed by atoms with Crippen molar-refractivity contribution in [1.29, 1.82) is 0 Å². The number of primary amides is 1. The topological polar surface area (TPSA) is 85.3 Å². The Bertz CT molecular complexity index is 1090. The molecular weight excluding hydrogens is 376 g/mol. The minimum absolute atomic E-state index is 0.0297. The first-order chi connectivity index (χ1) is 13.7. The summed E-state index contributed by atoms with van der Waals surface area (Å²) in [7, 11) is 0. The van der Waals surface area contributed by atoms with Crippen molar-refractivity contribution in [2.24, 2.45) is 17.1 Å². The molecule has 0 aliphatic heterocycles. The Kier molecular flexibility index (Phi) is 4.52. The van der Waals surface area contributed by atoms with E-state index in [-0.39, 0.29) is 17.0 Å². The van der Waals surface area contributed by atoms with Crippen molar-refractivity contribution in [2.75, 3.05) is 5.32 Å². The zero-order valence-corrected chi connectivity index (χ0v) is 16.5. The number of fused-ring (bicyclic) bond motifs is 1. The second-order valence-corrected chi connectivity index (χ2v) is 8.35. The maximum Gasteiger partial charge on any atom is 0.252 e. The number of nitrogens with zero attached hydrogens (tertiary/aromatic N) is 3. The average Bonchev–Trinajstić information content (AvgIpc) is 3.17. The quantitative estimate of drug-likeness (QED) is 0.649. The summed E-state index contributed by atoms with van der Waals surface area (Å²) in [5.41, 5.74) is 8.00. The SMILES string of the molecule is CC1CC[C@@H](Nc2c(C(N)=O)cnn3cc(-c4cc(F)nc(F)c4)cc23)C1(C)C. The van der Waals surface area contributed by atoms with Crippen LogP contribution in [-0.4, -0.2) is 26.5 Å². The second kappa shape index (κ2) is 6.79. The van der Waals surface area contributed by atoms with Gasteiger partial charge < -0.3 is 11.1 Å². The summed E-state index contributed by atoms with van der Waals surface area (Å²) >= 11 is 0. The summed E-state index contributed by atoms with van der Waals surface area (Å²) in [4.78, 5) is 15.2. The van der Waals surface area contributed by atoms with Crippen LogP contribution >= 0.6 is 0 Å². The molecule has 0 radical (unpaired) electrons. The van der Waals surface area contributed by atoms with Gasteiger partial charge in [0.2, 0.25) is 11.9 Å². The first kappa shape index (κ1) is 19.3. The fourth-order valence-electron chi connectivity index (χ4n) is 4.12. The maximum absolute atomic E-state index is 13.6. The third kappa shape index (κ3) is 3.32. The number of nitrogens with two attached hydrogens (primary N) is 1. The number of amides is 1.